The van der Waals surface area contributed by atoms with Crippen molar-refractivity contribution in [2.75, 3.05) is 29.9 Å². The van der Waals surface area contributed by atoms with E-state index in [0.29, 0.717) is 22.6 Å². The Labute approximate surface area is 194 Å². The highest BCUT2D eigenvalue weighted by molar-refractivity contribution is 7.91. The summed E-state index contributed by atoms with van der Waals surface area (Å²) < 4.78 is 53.0. The zero-order valence-electron chi connectivity index (χ0n) is 18.1. The SMILES string of the molecule is O=C(Nc1cc(-c2ccc(C(F)(F)C(=O)N3CCS(=O)(=O)CC3)cc2)c2cc[nH]c2n1)C1CC1. The van der Waals surface area contributed by atoms with E-state index in [-0.39, 0.29) is 36.4 Å². The summed E-state index contributed by atoms with van der Waals surface area (Å²) in [5.74, 6) is -5.55. The van der Waals surface area contributed by atoms with Crippen LogP contribution in [0.1, 0.15) is 18.4 Å². The fraction of sp³-hybridized carbons (Fsp3) is 0.348. The number of anilines is 1. The summed E-state index contributed by atoms with van der Waals surface area (Å²) in [5.41, 5.74) is 1.38. The molecule has 3 heterocycles. The van der Waals surface area contributed by atoms with Crippen molar-refractivity contribution in [3.8, 4) is 11.1 Å². The Balaban J connectivity index is 1.41. The predicted octanol–water partition coefficient (Wildman–Crippen LogP) is 2.93. The first-order valence-electron chi connectivity index (χ1n) is 10.9. The van der Waals surface area contributed by atoms with Gasteiger partial charge in [0.2, 0.25) is 5.91 Å². The molecule has 0 atom stereocenters. The van der Waals surface area contributed by atoms with E-state index >= 15 is 0 Å². The van der Waals surface area contributed by atoms with Crippen LogP contribution in [0.3, 0.4) is 0 Å². The maximum atomic E-state index is 15.0. The van der Waals surface area contributed by atoms with Crippen LogP contribution in [0, 0.1) is 5.92 Å². The van der Waals surface area contributed by atoms with Crippen LogP contribution in [-0.4, -0.2) is 59.7 Å². The third kappa shape index (κ3) is 4.27. The Kier molecular flexibility index (Phi) is 5.38. The molecule has 11 heteroatoms. The highest BCUT2D eigenvalue weighted by atomic mass is 32.2. The largest absolute Gasteiger partial charge is 0.349 e. The molecule has 34 heavy (non-hydrogen) atoms. The molecule has 0 bridgehead atoms. The number of halogens is 2. The summed E-state index contributed by atoms with van der Waals surface area (Å²) in [5, 5.41) is 3.56. The molecule has 2 N–H and O–H groups in total. The van der Waals surface area contributed by atoms with Crippen LogP contribution >= 0.6 is 0 Å². The van der Waals surface area contributed by atoms with Crippen LogP contribution in [-0.2, 0) is 25.3 Å². The lowest BCUT2D eigenvalue weighted by atomic mass is 9.99. The van der Waals surface area contributed by atoms with E-state index in [9.17, 15) is 26.8 Å². The standard InChI is InChI=1S/C23H22F2N4O4S/c24-23(25,22(31)29-9-11-34(32,33)12-10-29)16-5-3-14(4-6-16)18-13-19(28-21(30)15-1-2-15)27-20-17(18)7-8-26-20/h3-8,13,15H,1-2,9-12H2,(H2,26,27,28,30). The molecule has 2 aliphatic rings. The molecular weight excluding hydrogens is 466 g/mol. The molecule has 2 aromatic heterocycles. The van der Waals surface area contributed by atoms with Gasteiger partial charge in [0.1, 0.15) is 11.5 Å². The smallest absolute Gasteiger partial charge is 0.346 e. The normalized spacial score (nSPS) is 18.1. The minimum Gasteiger partial charge on any atom is -0.346 e. The second-order valence-corrected chi connectivity index (χ2v) is 11.0. The van der Waals surface area contributed by atoms with Gasteiger partial charge in [-0.25, -0.2) is 13.4 Å². The number of sulfone groups is 1. The van der Waals surface area contributed by atoms with Crippen molar-refractivity contribution in [2.24, 2.45) is 5.92 Å². The summed E-state index contributed by atoms with van der Waals surface area (Å²) in [6.07, 6.45) is 3.41. The first-order valence-corrected chi connectivity index (χ1v) is 12.7. The van der Waals surface area contributed by atoms with Crippen molar-refractivity contribution < 1.29 is 26.8 Å². The highest BCUT2D eigenvalue weighted by Gasteiger charge is 2.45. The Morgan fingerprint density at radius 1 is 1.09 bits per heavy atom. The van der Waals surface area contributed by atoms with Gasteiger partial charge in [0.25, 0.3) is 5.91 Å². The molecule has 5 rings (SSSR count). The number of nitrogens with one attached hydrogen (secondary N) is 2. The molecule has 2 amide bonds. The summed E-state index contributed by atoms with van der Waals surface area (Å²) in [7, 11) is -3.29. The fourth-order valence-corrected chi connectivity index (χ4v) is 5.21. The van der Waals surface area contributed by atoms with Crippen molar-refractivity contribution >= 4 is 38.5 Å². The Bertz CT molecular complexity index is 1370. The lowest BCUT2D eigenvalue weighted by Crippen LogP contribution is -2.49. The molecule has 1 aromatic carbocycles. The van der Waals surface area contributed by atoms with E-state index in [1.165, 1.54) is 24.3 Å². The number of amides is 2. The molecule has 2 fully saturated rings. The van der Waals surface area contributed by atoms with E-state index in [1.807, 2.05) is 0 Å². The van der Waals surface area contributed by atoms with Crippen LogP contribution in [0.2, 0.25) is 0 Å². The molecule has 0 radical (unpaired) electrons. The van der Waals surface area contributed by atoms with Crippen LogP contribution in [0.5, 0.6) is 0 Å². The van der Waals surface area contributed by atoms with Crippen molar-refractivity contribution in [2.45, 2.75) is 18.8 Å². The number of aromatic nitrogens is 2. The van der Waals surface area contributed by atoms with E-state index in [0.717, 1.165) is 23.1 Å². The van der Waals surface area contributed by atoms with Crippen molar-refractivity contribution in [3.63, 3.8) is 0 Å². The lowest BCUT2D eigenvalue weighted by Gasteiger charge is -2.30. The van der Waals surface area contributed by atoms with Gasteiger partial charge < -0.3 is 15.2 Å². The maximum absolute atomic E-state index is 15.0. The molecule has 0 unspecified atom stereocenters. The number of pyridine rings is 1. The minimum atomic E-state index is -3.79. The van der Waals surface area contributed by atoms with Gasteiger partial charge >= 0.3 is 5.92 Å². The molecule has 178 valence electrons. The predicted molar refractivity (Wildman–Crippen MR) is 122 cm³/mol. The van der Waals surface area contributed by atoms with Crippen molar-refractivity contribution in [1.82, 2.24) is 14.9 Å². The number of alkyl halides is 2. The number of benzene rings is 1. The molecule has 1 aliphatic heterocycles. The summed E-state index contributed by atoms with van der Waals surface area (Å²) >= 11 is 0. The summed E-state index contributed by atoms with van der Waals surface area (Å²) in [4.78, 5) is 32.9. The zero-order valence-corrected chi connectivity index (χ0v) is 18.9. The minimum absolute atomic E-state index is 0.00338. The monoisotopic (exact) mass is 488 g/mol. The lowest BCUT2D eigenvalue weighted by molar-refractivity contribution is -0.158. The number of hydrogen-bond acceptors (Lipinski definition) is 5. The average Bonchev–Trinajstić information content (AvgIpc) is 3.56. The third-order valence-corrected chi connectivity index (χ3v) is 7.80. The van der Waals surface area contributed by atoms with Gasteiger partial charge in [-0.15, -0.1) is 0 Å². The van der Waals surface area contributed by atoms with Gasteiger partial charge in [-0.1, -0.05) is 24.3 Å². The second kappa shape index (κ2) is 8.15. The number of aromatic amines is 1. The molecule has 8 nitrogen and oxygen atoms in total. The first kappa shape index (κ1) is 22.5. The zero-order chi connectivity index (χ0) is 24.1. The summed E-state index contributed by atoms with van der Waals surface area (Å²) in [6.45, 7) is -0.487. The number of carbonyl (C=O) groups is 2. The van der Waals surface area contributed by atoms with E-state index in [1.54, 1.807) is 18.3 Å². The molecule has 1 aliphatic carbocycles. The fourth-order valence-electron chi connectivity index (χ4n) is 4.01. The van der Waals surface area contributed by atoms with Crippen LogP contribution < -0.4 is 5.32 Å². The highest BCUT2D eigenvalue weighted by Crippen LogP contribution is 2.35. The average molecular weight is 489 g/mol. The van der Waals surface area contributed by atoms with Crippen molar-refractivity contribution in [3.05, 3.63) is 48.2 Å². The van der Waals surface area contributed by atoms with Crippen LogP contribution in [0.15, 0.2) is 42.6 Å². The van der Waals surface area contributed by atoms with Gasteiger partial charge in [0.15, 0.2) is 9.84 Å². The Morgan fingerprint density at radius 3 is 2.41 bits per heavy atom. The van der Waals surface area contributed by atoms with Crippen molar-refractivity contribution in [1.29, 1.82) is 0 Å². The van der Waals surface area contributed by atoms with Crippen LogP contribution in [0.25, 0.3) is 22.2 Å². The first-order chi connectivity index (χ1) is 16.1. The number of rotatable bonds is 5. The number of fused-ring (bicyclic) bond motifs is 1. The van der Waals surface area contributed by atoms with Crippen LogP contribution in [0.4, 0.5) is 14.6 Å². The number of H-pyrrole nitrogens is 1. The van der Waals surface area contributed by atoms with Gasteiger partial charge in [-0.3, -0.25) is 9.59 Å². The topological polar surface area (TPSA) is 112 Å². The Hall–Kier alpha value is -3.34. The maximum Gasteiger partial charge on any atom is 0.349 e. The number of nitrogens with zero attached hydrogens (tertiary/aromatic N) is 2. The second-order valence-electron chi connectivity index (χ2n) is 8.65. The third-order valence-electron chi connectivity index (χ3n) is 6.19. The van der Waals surface area contributed by atoms with Gasteiger partial charge in [-0.2, -0.15) is 8.78 Å². The molecule has 1 saturated heterocycles. The Morgan fingerprint density at radius 2 is 1.76 bits per heavy atom. The van der Waals surface area contributed by atoms with E-state index < -0.39 is 27.2 Å². The quantitative estimate of drug-likeness (QED) is 0.574. The molecular formula is C23H22F2N4O4S. The van der Waals surface area contributed by atoms with E-state index in [2.05, 4.69) is 15.3 Å². The number of carbonyl (C=O) groups excluding carboxylic acids is 2. The van der Waals surface area contributed by atoms with Gasteiger partial charge in [-0.05, 0) is 36.1 Å². The van der Waals surface area contributed by atoms with Gasteiger partial charge in [0, 0.05) is 36.2 Å². The number of hydrogen-bond donors (Lipinski definition) is 2. The van der Waals surface area contributed by atoms with Gasteiger partial charge in [0.05, 0.1) is 11.5 Å². The molecule has 1 saturated carbocycles. The molecule has 3 aromatic rings. The van der Waals surface area contributed by atoms with E-state index in [4.69, 9.17) is 0 Å². The molecule has 0 spiro atoms. The summed E-state index contributed by atoms with van der Waals surface area (Å²) in [6, 6.07) is 8.87.